The molecule has 2 saturated heterocycles. The predicted molar refractivity (Wildman–Crippen MR) is 120 cm³/mol. The SMILES string of the molecule is CCN(CC)CCCCNC(=NC)N1CC2OCCN(Cc3ccccc3)C2C1. The van der Waals surface area contributed by atoms with E-state index in [4.69, 9.17) is 4.74 Å². The van der Waals surface area contributed by atoms with Crippen LogP contribution in [0.2, 0.25) is 0 Å². The lowest BCUT2D eigenvalue weighted by Crippen LogP contribution is -2.50. The minimum atomic E-state index is 0.272. The van der Waals surface area contributed by atoms with E-state index < -0.39 is 0 Å². The molecule has 3 rings (SSSR count). The number of fused-ring (bicyclic) bond motifs is 1. The molecule has 162 valence electrons. The zero-order valence-electron chi connectivity index (χ0n) is 18.5. The monoisotopic (exact) mass is 401 g/mol. The molecule has 2 aliphatic rings. The van der Waals surface area contributed by atoms with Gasteiger partial charge in [-0.2, -0.15) is 0 Å². The Morgan fingerprint density at radius 2 is 1.97 bits per heavy atom. The van der Waals surface area contributed by atoms with Gasteiger partial charge >= 0.3 is 0 Å². The molecule has 0 bridgehead atoms. The highest BCUT2D eigenvalue weighted by Gasteiger charge is 2.41. The summed E-state index contributed by atoms with van der Waals surface area (Å²) in [5.41, 5.74) is 1.38. The summed E-state index contributed by atoms with van der Waals surface area (Å²) in [4.78, 5) is 12.0. The van der Waals surface area contributed by atoms with Crippen molar-refractivity contribution in [2.24, 2.45) is 4.99 Å². The van der Waals surface area contributed by atoms with Crippen LogP contribution in [-0.2, 0) is 11.3 Å². The number of hydrogen-bond donors (Lipinski definition) is 1. The Balaban J connectivity index is 1.47. The Kier molecular flexibility index (Phi) is 8.77. The number of guanidine groups is 1. The molecule has 2 fully saturated rings. The molecular weight excluding hydrogens is 362 g/mol. The van der Waals surface area contributed by atoms with Crippen molar-refractivity contribution in [3.63, 3.8) is 0 Å². The summed E-state index contributed by atoms with van der Waals surface area (Å²) in [6.45, 7) is 13.6. The summed E-state index contributed by atoms with van der Waals surface area (Å²) in [6.07, 6.45) is 2.67. The summed E-state index contributed by atoms with van der Waals surface area (Å²) >= 11 is 0. The highest BCUT2D eigenvalue weighted by Crippen LogP contribution is 2.24. The van der Waals surface area contributed by atoms with Crippen LogP contribution in [0, 0.1) is 0 Å². The highest BCUT2D eigenvalue weighted by atomic mass is 16.5. The number of likely N-dealkylation sites (tertiary alicyclic amines) is 1. The van der Waals surface area contributed by atoms with Crippen molar-refractivity contribution < 1.29 is 4.74 Å². The van der Waals surface area contributed by atoms with Crippen LogP contribution < -0.4 is 5.32 Å². The summed E-state index contributed by atoms with van der Waals surface area (Å²) in [7, 11) is 1.89. The first kappa shape index (κ1) is 22.1. The van der Waals surface area contributed by atoms with Crippen LogP contribution in [0.4, 0.5) is 0 Å². The molecule has 0 amide bonds. The Morgan fingerprint density at radius 3 is 2.69 bits per heavy atom. The van der Waals surface area contributed by atoms with Gasteiger partial charge in [0.05, 0.1) is 18.8 Å². The lowest BCUT2D eigenvalue weighted by Gasteiger charge is -2.36. The van der Waals surface area contributed by atoms with E-state index in [-0.39, 0.29) is 6.10 Å². The van der Waals surface area contributed by atoms with E-state index in [0.717, 1.165) is 58.4 Å². The molecule has 1 aromatic rings. The standard InChI is InChI=1S/C23H39N5O/c1-4-26(5-2)14-10-9-13-25-23(24-3)28-18-21-22(19-28)29-16-15-27(21)17-20-11-7-6-8-12-20/h6-8,11-12,21-22H,4-5,9-10,13-19H2,1-3H3,(H,24,25). The molecule has 1 N–H and O–H groups in total. The molecule has 0 radical (unpaired) electrons. The Labute approximate surface area is 176 Å². The van der Waals surface area contributed by atoms with Gasteiger partial charge in [0.1, 0.15) is 0 Å². The number of benzene rings is 1. The second-order valence-electron chi connectivity index (χ2n) is 8.05. The maximum absolute atomic E-state index is 6.12. The third-order valence-electron chi connectivity index (χ3n) is 6.23. The maximum atomic E-state index is 6.12. The number of unbranched alkanes of at least 4 members (excludes halogenated alkanes) is 1. The first-order chi connectivity index (χ1) is 14.2. The number of rotatable bonds is 9. The van der Waals surface area contributed by atoms with Gasteiger partial charge in [-0.05, 0) is 38.0 Å². The van der Waals surface area contributed by atoms with Gasteiger partial charge in [0.2, 0.25) is 0 Å². The van der Waals surface area contributed by atoms with Gasteiger partial charge in [0.15, 0.2) is 5.96 Å². The number of morpholine rings is 1. The van der Waals surface area contributed by atoms with Crippen LogP contribution in [-0.4, -0.2) is 92.3 Å². The summed E-state index contributed by atoms with van der Waals surface area (Å²) in [5, 5.41) is 3.58. The van der Waals surface area contributed by atoms with Crippen LogP contribution in [0.15, 0.2) is 35.3 Å². The Morgan fingerprint density at radius 1 is 1.17 bits per heavy atom. The fourth-order valence-electron chi connectivity index (χ4n) is 4.48. The normalized spacial score (nSPS) is 22.9. The van der Waals surface area contributed by atoms with Crippen molar-refractivity contribution in [1.82, 2.24) is 20.0 Å². The first-order valence-electron chi connectivity index (χ1n) is 11.3. The lowest BCUT2D eigenvalue weighted by atomic mass is 10.1. The zero-order chi connectivity index (χ0) is 20.5. The van der Waals surface area contributed by atoms with Gasteiger partial charge in [-0.25, -0.2) is 0 Å². The van der Waals surface area contributed by atoms with Crippen LogP contribution in [0.5, 0.6) is 0 Å². The predicted octanol–water partition coefficient (Wildman–Crippen LogP) is 2.27. The molecule has 6 nitrogen and oxygen atoms in total. The van der Waals surface area contributed by atoms with Crippen molar-refractivity contribution in [1.29, 1.82) is 0 Å². The second-order valence-corrected chi connectivity index (χ2v) is 8.05. The fourth-order valence-corrected chi connectivity index (χ4v) is 4.48. The average Bonchev–Trinajstić information content (AvgIpc) is 3.19. The molecule has 2 aliphatic heterocycles. The number of aliphatic imine (C=N–C) groups is 1. The molecule has 2 heterocycles. The van der Waals surface area contributed by atoms with E-state index in [2.05, 4.69) is 69.2 Å². The Hall–Kier alpha value is -1.63. The summed E-state index contributed by atoms with van der Waals surface area (Å²) in [6, 6.07) is 11.2. The third kappa shape index (κ3) is 6.17. The average molecular weight is 402 g/mol. The van der Waals surface area contributed by atoms with Crippen molar-refractivity contribution in [2.45, 2.75) is 45.4 Å². The molecule has 29 heavy (non-hydrogen) atoms. The van der Waals surface area contributed by atoms with E-state index in [9.17, 15) is 0 Å². The van der Waals surface area contributed by atoms with Gasteiger partial charge in [-0.1, -0.05) is 44.2 Å². The van der Waals surface area contributed by atoms with Crippen molar-refractivity contribution in [2.75, 3.05) is 59.5 Å². The molecule has 0 aromatic heterocycles. The van der Waals surface area contributed by atoms with Gasteiger partial charge in [0, 0.05) is 39.8 Å². The van der Waals surface area contributed by atoms with E-state index in [1.54, 1.807) is 0 Å². The molecule has 0 spiro atoms. The van der Waals surface area contributed by atoms with Crippen LogP contribution in [0.1, 0.15) is 32.3 Å². The largest absolute Gasteiger partial charge is 0.373 e. The van der Waals surface area contributed by atoms with Crippen LogP contribution in [0.3, 0.4) is 0 Å². The van der Waals surface area contributed by atoms with Gasteiger partial charge in [-0.3, -0.25) is 9.89 Å². The molecule has 1 aromatic carbocycles. The van der Waals surface area contributed by atoms with Crippen molar-refractivity contribution in [3.05, 3.63) is 35.9 Å². The maximum Gasteiger partial charge on any atom is 0.193 e. The number of ether oxygens (including phenoxy) is 1. The summed E-state index contributed by atoms with van der Waals surface area (Å²) < 4.78 is 6.12. The smallest absolute Gasteiger partial charge is 0.193 e. The quantitative estimate of drug-likeness (QED) is 0.391. The Bertz CT molecular complexity index is 619. The zero-order valence-corrected chi connectivity index (χ0v) is 18.5. The van der Waals surface area contributed by atoms with Crippen LogP contribution >= 0.6 is 0 Å². The highest BCUT2D eigenvalue weighted by molar-refractivity contribution is 5.80. The van der Waals surface area contributed by atoms with Crippen LogP contribution in [0.25, 0.3) is 0 Å². The van der Waals surface area contributed by atoms with E-state index >= 15 is 0 Å². The second kappa shape index (κ2) is 11.5. The minimum absolute atomic E-state index is 0.272. The number of nitrogens with zero attached hydrogens (tertiary/aromatic N) is 4. The van der Waals surface area contributed by atoms with Crippen molar-refractivity contribution >= 4 is 5.96 Å². The molecule has 2 atom stereocenters. The van der Waals surface area contributed by atoms with Gasteiger partial charge in [-0.15, -0.1) is 0 Å². The van der Waals surface area contributed by atoms with E-state index in [1.807, 2.05) is 7.05 Å². The molecule has 6 heteroatoms. The lowest BCUT2D eigenvalue weighted by molar-refractivity contribution is -0.0502. The topological polar surface area (TPSA) is 43.3 Å². The van der Waals surface area contributed by atoms with Gasteiger partial charge in [0.25, 0.3) is 0 Å². The van der Waals surface area contributed by atoms with Gasteiger partial charge < -0.3 is 19.9 Å². The molecule has 2 unspecified atom stereocenters. The van der Waals surface area contributed by atoms with E-state index in [1.165, 1.54) is 24.9 Å². The summed E-state index contributed by atoms with van der Waals surface area (Å²) in [5.74, 6) is 1.02. The number of hydrogen-bond acceptors (Lipinski definition) is 4. The third-order valence-corrected chi connectivity index (χ3v) is 6.23. The minimum Gasteiger partial charge on any atom is -0.373 e. The van der Waals surface area contributed by atoms with E-state index in [0.29, 0.717) is 6.04 Å². The first-order valence-corrected chi connectivity index (χ1v) is 11.3. The number of nitrogens with one attached hydrogen (secondary N) is 1. The molecular formula is C23H39N5O. The molecule has 0 aliphatic carbocycles. The van der Waals surface area contributed by atoms with Crippen molar-refractivity contribution in [3.8, 4) is 0 Å². The molecule has 0 saturated carbocycles. The fraction of sp³-hybridized carbons (Fsp3) is 0.696.